The van der Waals surface area contributed by atoms with E-state index in [0.29, 0.717) is 0 Å². The molecule has 0 fully saturated rings. The molecule has 0 spiro atoms. The number of carbonyl (C=O) groups is 1. The molecule has 13 heavy (non-hydrogen) atoms. The molecule has 0 aliphatic heterocycles. The third-order valence-electron chi connectivity index (χ3n) is 1.68. The van der Waals surface area contributed by atoms with Crippen LogP contribution in [-0.4, -0.2) is 25.1 Å². The van der Waals surface area contributed by atoms with Gasteiger partial charge in [0.25, 0.3) is 0 Å². The average Bonchev–Trinajstić information content (AvgIpc) is 2.04. The first kappa shape index (κ1) is 12.2. The first-order valence-electron chi connectivity index (χ1n) is 4.66. The van der Waals surface area contributed by atoms with Crippen molar-refractivity contribution in [2.45, 2.75) is 33.1 Å². The van der Waals surface area contributed by atoms with Crippen LogP contribution in [0.25, 0.3) is 0 Å². The number of nitrogens with zero attached hydrogens (tertiary/aromatic N) is 1. The number of allylic oxidation sites excluding steroid dienone is 1. The van der Waals surface area contributed by atoms with Crippen LogP contribution in [0.1, 0.15) is 33.1 Å². The molecule has 0 saturated heterocycles. The highest BCUT2D eigenvalue weighted by Crippen LogP contribution is 2.09. The van der Waals surface area contributed by atoms with Crippen LogP contribution in [0.5, 0.6) is 0 Å². The van der Waals surface area contributed by atoms with E-state index in [1.54, 1.807) is 14.1 Å². The summed E-state index contributed by atoms with van der Waals surface area (Å²) < 4.78 is 0. The summed E-state index contributed by atoms with van der Waals surface area (Å²) in [5.41, 5.74) is 0.760. The van der Waals surface area contributed by atoms with Crippen LogP contribution >= 0.6 is 0 Å². The summed E-state index contributed by atoms with van der Waals surface area (Å²) in [7, 11) is 3.40. The quantitative estimate of drug-likeness (QED) is 0.485. The molecular formula is C10H19NO2. The van der Waals surface area contributed by atoms with Crippen molar-refractivity contribution in [3.8, 4) is 0 Å². The number of carbonyl (C=O) groups excluding carboxylic acids is 1. The van der Waals surface area contributed by atoms with E-state index in [9.17, 15) is 4.79 Å². The maximum Gasteiger partial charge on any atom is 0.352 e. The van der Waals surface area contributed by atoms with Gasteiger partial charge in [-0.25, -0.2) is 4.79 Å². The van der Waals surface area contributed by atoms with Crippen molar-refractivity contribution in [2.24, 2.45) is 0 Å². The van der Waals surface area contributed by atoms with E-state index in [0.717, 1.165) is 24.8 Å². The topological polar surface area (TPSA) is 29.5 Å². The molecule has 0 aromatic rings. The van der Waals surface area contributed by atoms with Gasteiger partial charge in [0.15, 0.2) is 0 Å². The number of unbranched alkanes of at least 4 members (excludes halogenated alkanes) is 1. The molecule has 0 aliphatic carbocycles. The molecule has 3 heteroatoms. The molecule has 0 radical (unpaired) electrons. The SMILES string of the molecule is CC=C(CCCC)C(=O)ON(C)C. The fourth-order valence-corrected chi connectivity index (χ4v) is 0.956. The van der Waals surface area contributed by atoms with Gasteiger partial charge < -0.3 is 4.84 Å². The van der Waals surface area contributed by atoms with E-state index in [4.69, 9.17) is 4.84 Å². The summed E-state index contributed by atoms with van der Waals surface area (Å²) in [4.78, 5) is 16.3. The Hall–Kier alpha value is -0.830. The summed E-state index contributed by atoms with van der Waals surface area (Å²) in [5.74, 6) is -0.235. The fourth-order valence-electron chi connectivity index (χ4n) is 0.956. The molecule has 0 saturated carbocycles. The maximum atomic E-state index is 11.4. The molecule has 0 aromatic heterocycles. The van der Waals surface area contributed by atoms with Crippen LogP contribution in [0.3, 0.4) is 0 Å². The van der Waals surface area contributed by atoms with Crippen molar-refractivity contribution in [3.05, 3.63) is 11.6 Å². The van der Waals surface area contributed by atoms with Crippen molar-refractivity contribution in [1.29, 1.82) is 0 Å². The Balaban J connectivity index is 4.02. The van der Waals surface area contributed by atoms with Crippen molar-refractivity contribution >= 4 is 5.97 Å². The number of hydroxylamine groups is 2. The summed E-state index contributed by atoms with van der Waals surface area (Å²) in [6, 6.07) is 0. The Morgan fingerprint density at radius 3 is 2.46 bits per heavy atom. The highest BCUT2D eigenvalue weighted by atomic mass is 16.7. The molecule has 76 valence electrons. The van der Waals surface area contributed by atoms with Crippen LogP contribution in [0.15, 0.2) is 11.6 Å². The van der Waals surface area contributed by atoms with Crippen LogP contribution in [0.4, 0.5) is 0 Å². The normalized spacial score (nSPS) is 11.9. The lowest BCUT2D eigenvalue weighted by Gasteiger charge is -2.11. The van der Waals surface area contributed by atoms with E-state index >= 15 is 0 Å². The summed E-state index contributed by atoms with van der Waals surface area (Å²) in [6.45, 7) is 3.96. The lowest BCUT2D eigenvalue weighted by Crippen LogP contribution is -2.19. The minimum atomic E-state index is -0.235. The zero-order chi connectivity index (χ0) is 10.3. The number of hydrogen-bond acceptors (Lipinski definition) is 3. The molecule has 0 bridgehead atoms. The summed E-state index contributed by atoms with van der Waals surface area (Å²) in [5, 5.41) is 1.41. The zero-order valence-corrected chi connectivity index (χ0v) is 8.96. The minimum absolute atomic E-state index is 0.235. The third-order valence-corrected chi connectivity index (χ3v) is 1.68. The Labute approximate surface area is 80.3 Å². The van der Waals surface area contributed by atoms with Crippen LogP contribution < -0.4 is 0 Å². The van der Waals surface area contributed by atoms with Gasteiger partial charge in [-0.3, -0.25) is 0 Å². The van der Waals surface area contributed by atoms with Gasteiger partial charge in [0.1, 0.15) is 0 Å². The Morgan fingerprint density at radius 1 is 1.46 bits per heavy atom. The van der Waals surface area contributed by atoms with Gasteiger partial charge in [0, 0.05) is 19.7 Å². The van der Waals surface area contributed by atoms with Gasteiger partial charge in [-0.05, 0) is 19.8 Å². The van der Waals surface area contributed by atoms with Gasteiger partial charge in [0.05, 0.1) is 0 Å². The Bertz CT molecular complexity index is 185. The van der Waals surface area contributed by atoms with E-state index in [-0.39, 0.29) is 5.97 Å². The highest BCUT2D eigenvalue weighted by molar-refractivity contribution is 5.88. The molecular weight excluding hydrogens is 166 g/mol. The first-order chi connectivity index (χ1) is 6.11. The molecule has 0 rings (SSSR count). The van der Waals surface area contributed by atoms with Crippen molar-refractivity contribution in [1.82, 2.24) is 5.06 Å². The van der Waals surface area contributed by atoms with Gasteiger partial charge in [-0.1, -0.05) is 19.4 Å². The Kier molecular flexibility index (Phi) is 6.24. The van der Waals surface area contributed by atoms with E-state index in [1.165, 1.54) is 5.06 Å². The van der Waals surface area contributed by atoms with Crippen LogP contribution in [0.2, 0.25) is 0 Å². The van der Waals surface area contributed by atoms with Gasteiger partial charge in [0.2, 0.25) is 0 Å². The minimum Gasteiger partial charge on any atom is -0.365 e. The van der Waals surface area contributed by atoms with E-state index in [2.05, 4.69) is 6.92 Å². The van der Waals surface area contributed by atoms with Crippen molar-refractivity contribution in [3.63, 3.8) is 0 Å². The smallest absolute Gasteiger partial charge is 0.352 e. The molecule has 0 unspecified atom stereocenters. The highest BCUT2D eigenvalue weighted by Gasteiger charge is 2.10. The van der Waals surface area contributed by atoms with E-state index in [1.807, 2.05) is 13.0 Å². The van der Waals surface area contributed by atoms with Gasteiger partial charge in [-0.15, -0.1) is 5.06 Å². The Morgan fingerprint density at radius 2 is 2.08 bits per heavy atom. The predicted molar refractivity (Wildman–Crippen MR) is 53.1 cm³/mol. The van der Waals surface area contributed by atoms with Crippen molar-refractivity contribution < 1.29 is 9.63 Å². The molecule has 0 heterocycles. The largest absolute Gasteiger partial charge is 0.365 e. The van der Waals surface area contributed by atoms with Crippen LogP contribution in [-0.2, 0) is 9.63 Å². The monoisotopic (exact) mass is 185 g/mol. The molecule has 0 atom stereocenters. The fraction of sp³-hybridized carbons (Fsp3) is 0.700. The summed E-state index contributed by atoms with van der Waals surface area (Å²) in [6.07, 6.45) is 4.75. The summed E-state index contributed by atoms with van der Waals surface area (Å²) >= 11 is 0. The molecule has 3 nitrogen and oxygen atoms in total. The van der Waals surface area contributed by atoms with Crippen molar-refractivity contribution in [2.75, 3.05) is 14.1 Å². The average molecular weight is 185 g/mol. The molecule has 0 aromatic carbocycles. The predicted octanol–water partition coefficient (Wildman–Crippen LogP) is 2.14. The number of rotatable bonds is 5. The molecule has 0 N–H and O–H groups in total. The second-order valence-electron chi connectivity index (χ2n) is 3.11. The third kappa shape index (κ3) is 5.42. The zero-order valence-electron chi connectivity index (χ0n) is 8.96. The van der Waals surface area contributed by atoms with Gasteiger partial charge in [-0.2, -0.15) is 0 Å². The van der Waals surface area contributed by atoms with Gasteiger partial charge >= 0.3 is 5.97 Å². The lowest BCUT2D eigenvalue weighted by molar-refractivity contribution is -0.173. The lowest BCUT2D eigenvalue weighted by atomic mass is 10.1. The standard InChI is InChI=1S/C10H19NO2/c1-5-7-8-9(6-2)10(12)13-11(3)4/h6H,5,7-8H2,1-4H3. The molecule has 0 amide bonds. The first-order valence-corrected chi connectivity index (χ1v) is 4.66. The van der Waals surface area contributed by atoms with Crippen LogP contribution in [0, 0.1) is 0 Å². The molecule has 0 aliphatic rings. The maximum absolute atomic E-state index is 11.4. The van der Waals surface area contributed by atoms with E-state index < -0.39 is 0 Å². The second kappa shape index (κ2) is 6.66. The second-order valence-corrected chi connectivity index (χ2v) is 3.11. The number of hydrogen-bond donors (Lipinski definition) is 0.